The third-order valence-electron chi connectivity index (χ3n) is 8.40. The quantitative estimate of drug-likeness (QED) is 0.550. The van der Waals surface area contributed by atoms with Gasteiger partial charge in [0, 0.05) is 19.4 Å². The van der Waals surface area contributed by atoms with E-state index >= 15 is 0 Å². The molecule has 2 bridgehead atoms. The molecule has 0 radical (unpaired) electrons. The molecule has 6 heteroatoms. The molecular weight excluding hydrogens is 348 g/mol. The SMILES string of the molecule is CO[C@@H]1C[C@]2(C)CC[C@]3(C)[C@](O)(C[C@H]4O[C@]3(O)[C@H](O)[C@@H]4CO)C2=C1C(C)C. The number of hydrogen-bond donors (Lipinski definition) is 4. The molecule has 4 N–H and O–H groups in total. The standard InChI is InChI=1S/C21H34O6/c1-11(2)15-14(26-5)8-18(3)6-7-19(4)20(24,16(15)18)9-13-12(10-22)17(23)21(19,25)27-13/h11-14,17,22-25H,6-10H2,1-5H3/t12-,13-,14-,17-,18+,19-,20+,21-/m1/s1. The van der Waals surface area contributed by atoms with E-state index < -0.39 is 34.9 Å². The van der Waals surface area contributed by atoms with Crippen LogP contribution in [-0.4, -0.2) is 63.8 Å². The second-order valence-corrected chi connectivity index (χ2v) is 10.0. The predicted octanol–water partition coefficient (Wildman–Crippen LogP) is 1.36. The van der Waals surface area contributed by atoms with Crippen LogP contribution in [0.4, 0.5) is 0 Å². The molecule has 4 aliphatic rings. The van der Waals surface area contributed by atoms with Crippen molar-refractivity contribution in [1.29, 1.82) is 0 Å². The van der Waals surface area contributed by atoms with Crippen molar-refractivity contribution in [2.75, 3.05) is 13.7 Å². The first-order valence-corrected chi connectivity index (χ1v) is 10.2. The third-order valence-corrected chi connectivity index (χ3v) is 8.40. The molecule has 0 aromatic heterocycles. The van der Waals surface area contributed by atoms with Crippen molar-refractivity contribution in [2.45, 2.75) is 83.1 Å². The minimum absolute atomic E-state index is 0.0509. The van der Waals surface area contributed by atoms with E-state index in [-0.39, 0.29) is 30.5 Å². The van der Waals surface area contributed by atoms with Crippen LogP contribution in [0.15, 0.2) is 11.1 Å². The molecular formula is C21H34O6. The molecule has 1 saturated carbocycles. The van der Waals surface area contributed by atoms with Crippen molar-refractivity contribution in [3.05, 3.63) is 11.1 Å². The minimum atomic E-state index is -1.88. The molecule has 2 aliphatic heterocycles. The van der Waals surface area contributed by atoms with Crippen molar-refractivity contribution in [3.8, 4) is 0 Å². The fraction of sp³-hybridized carbons (Fsp3) is 0.905. The lowest BCUT2D eigenvalue weighted by molar-refractivity contribution is -0.359. The zero-order valence-electron chi connectivity index (χ0n) is 17.0. The van der Waals surface area contributed by atoms with Gasteiger partial charge in [-0.05, 0) is 41.7 Å². The Morgan fingerprint density at radius 3 is 2.41 bits per heavy atom. The number of hydrogen-bond acceptors (Lipinski definition) is 6. The molecule has 6 nitrogen and oxygen atoms in total. The van der Waals surface area contributed by atoms with Crippen molar-refractivity contribution >= 4 is 0 Å². The van der Waals surface area contributed by atoms with Crippen molar-refractivity contribution < 1.29 is 29.9 Å². The summed E-state index contributed by atoms with van der Waals surface area (Å²) >= 11 is 0. The number of aliphatic hydroxyl groups excluding tert-OH is 2. The van der Waals surface area contributed by atoms with Gasteiger partial charge in [-0.2, -0.15) is 0 Å². The van der Waals surface area contributed by atoms with E-state index in [2.05, 4.69) is 20.8 Å². The van der Waals surface area contributed by atoms with Crippen molar-refractivity contribution in [3.63, 3.8) is 0 Å². The second-order valence-electron chi connectivity index (χ2n) is 10.0. The molecule has 2 saturated heterocycles. The van der Waals surface area contributed by atoms with Gasteiger partial charge in [0.05, 0.1) is 29.8 Å². The number of fused-ring (bicyclic) bond motifs is 6. The molecule has 3 fully saturated rings. The first-order chi connectivity index (χ1) is 12.5. The van der Waals surface area contributed by atoms with Crippen LogP contribution in [0.3, 0.4) is 0 Å². The Morgan fingerprint density at radius 2 is 1.85 bits per heavy atom. The monoisotopic (exact) mass is 382 g/mol. The summed E-state index contributed by atoms with van der Waals surface area (Å²) in [5.41, 5.74) is -0.481. The molecule has 0 unspecified atom stereocenters. The molecule has 0 aromatic rings. The molecule has 8 atom stereocenters. The highest BCUT2D eigenvalue weighted by molar-refractivity contribution is 5.45. The maximum atomic E-state index is 12.2. The number of aliphatic hydroxyl groups is 4. The van der Waals surface area contributed by atoms with Crippen LogP contribution in [0.5, 0.6) is 0 Å². The summed E-state index contributed by atoms with van der Waals surface area (Å²) in [4.78, 5) is 0. The van der Waals surface area contributed by atoms with Gasteiger partial charge in [0.2, 0.25) is 5.79 Å². The largest absolute Gasteiger partial charge is 0.396 e. The minimum Gasteiger partial charge on any atom is -0.396 e. The molecule has 0 spiro atoms. The first-order valence-electron chi connectivity index (χ1n) is 10.2. The topological polar surface area (TPSA) is 99.4 Å². The highest BCUT2D eigenvalue weighted by Gasteiger charge is 2.77. The molecule has 0 amide bonds. The van der Waals surface area contributed by atoms with Crippen LogP contribution in [0.1, 0.15) is 53.4 Å². The predicted molar refractivity (Wildman–Crippen MR) is 98.7 cm³/mol. The van der Waals surface area contributed by atoms with Gasteiger partial charge in [0.1, 0.15) is 6.10 Å². The summed E-state index contributed by atoms with van der Waals surface area (Å²) in [5.74, 6) is -2.28. The van der Waals surface area contributed by atoms with Crippen molar-refractivity contribution in [2.24, 2.45) is 22.7 Å². The van der Waals surface area contributed by atoms with Crippen LogP contribution < -0.4 is 0 Å². The maximum absolute atomic E-state index is 12.2. The van der Waals surface area contributed by atoms with E-state index in [4.69, 9.17) is 9.47 Å². The summed E-state index contributed by atoms with van der Waals surface area (Å²) in [7, 11) is 1.71. The third kappa shape index (κ3) is 2.12. The van der Waals surface area contributed by atoms with Gasteiger partial charge in [-0.1, -0.05) is 27.7 Å². The van der Waals surface area contributed by atoms with Crippen molar-refractivity contribution in [1.82, 2.24) is 0 Å². The summed E-state index contributed by atoms with van der Waals surface area (Å²) in [6, 6.07) is 0. The van der Waals surface area contributed by atoms with Gasteiger partial charge in [-0.3, -0.25) is 0 Å². The Hall–Kier alpha value is -0.500. The van der Waals surface area contributed by atoms with E-state index in [0.29, 0.717) is 6.42 Å². The van der Waals surface area contributed by atoms with Gasteiger partial charge in [-0.15, -0.1) is 0 Å². The van der Waals surface area contributed by atoms with Gasteiger partial charge >= 0.3 is 0 Å². The Labute approximate surface area is 161 Å². The summed E-state index contributed by atoms with van der Waals surface area (Å²) in [6.45, 7) is 7.96. The Bertz CT molecular complexity index is 676. The normalized spacial score (nSPS) is 54.4. The van der Waals surface area contributed by atoms with E-state index in [9.17, 15) is 20.4 Å². The second kappa shape index (κ2) is 5.77. The molecule has 4 rings (SSSR count). The lowest BCUT2D eigenvalue weighted by Crippen LogP contribution is -2.70. The zero-order valence-corrected chi connectivity index (χ0v) is 17.0. The Balaban J connectivity index is 1.95. The van der Waals surface area contributed by atoms with E-state index in [0.717, 1.165) is 24.0 Å². The average molecular weight is 382 g/mol. The van der Waals surface area contributed by atoms with Gasteiger partial charge in [-0.25, -0.2) is 0 Å². The number of ether oxygens (including phenoxy) is 2. The van der Waals surface area contributed by atoms with E-state index in [1.54, 1.807) is 7.11 Å². The fourth-order valence-corrected chi connectivity index (χ4v) is 6.82. The van der Waals surface area contributed by atoms with Crippen LogP contribution in [-0.2, 0) is 9.47 Å². The number of methoxy groups -OCH3 is 1. The fourth-order valence-electron chi connectivity index (χ4n) is 6.82. The van der Waals surface area contributed by atoms with Crippen LogP contribution in [0, 0.1) is 22.7 Å². The van der Waals surface area contributed by atoms with Crippen LogP contribution >= 0.6 is 0 Å². The average Bonchev–Trinajstić information content (AvgIpc) is 3.03. The first kappa shape index (κ1) is 19.8. The molecule has 27 heavy (non-hydrogen) atoms. The maximum Gasteiger partial charge on any atom is 0.201 e. The highest BCUT2D eigenvalue weighted by atomic mass is 16.7. The highest BCUT2D eigenvalue weighted by Crippen LogP contribution is 2.70. The Kier molecular flexibility index (Phi) is 4.23. The Morgan fingerprint density at radius 1 is 1.19 bits per heavy atom. The zero-order chi connectivity index (χ0) is 20.0. The van der Waals surface area contributed by atoms with Gasteiger partial charge < -0.3 is 29.9 Å². The van der Waals surface area contributed by atoms with E-state index in [1.807, 2.05) is 6.92 Å². The molecule has 0 aromatic carbocycles. The lowest BCUT2D eigenvalue weighted by Gasteiger charge is -2.62. The summed E-state index contributed by atoms with van der Waals surface area (Å²) in [5, 5.41) is 44.3. The van der Waals surface area contributed by atoms with Crippen LogP contribution in [0.2, 0.25) is 0 Å². The van der Waals surface area contributed by atoms with Gasteiger partial charge in [0.25, 0.3) is 0 Å². The molecule has 2 aliphatic carbocycles. The van der Waals surface area contributed by atoms with Gasteiger partial charge in [0.15, 0.2) is 0 Å². The molecule has 154 valence electrons. The lowest BCUT2D eigenvalue weighted by atomic mass is 9.49. The summed E-state index contributed by atoms with van der Waals surface area (Å²) < 4.78 is 11.7. The summed E-state index contributed by atoms with van der Waals surface area (Å²) in [6.07, 6.45) is 0.543. The smallest absolute Gasteiger partial charge is 0.201 e. The molecule has 2 heterocycles. The van der Waals surface area contributed by atoms with Crippen LogP contribution in [0.25, 0.3) is 0 Å². The van der Waals surface area contributed by atoms with E-state index in [1.165, 1.54) is 0 Å². The number of rotatable bonds is 3.